The smallest absolute Gasteiger partial charge is 0.115 e. The van der Waals surface area contributed by atoms with Gasteiger partial charge in [0.25, 0.3) is 0 Å². The average molecular weight is 156 g/mol. The topological polar surface area (TPSA) is 46.9 Å². The summed E-state index contributed by atoms with van der Waals surface area (Å²) in [5.41, 5.74) is 0. The normalized spacial score (nSPS) is 16.5. The van der Waals surface area contributed by atoms with Crippen LogP contribution in [0, 0.1) is 0 Å². The van der Waals surface area contributed by atoms with E-state index in [1.54, 1.807) is 11.2 Å². The van der Waals surface area contributed by atoms with Crippen LogP contribution >= 0.6 is 0 Å². The number of nitrogens with zero attached hydrogens (tertiary/aromatic N) is 2. The van der Waals surface area contributed by atoms with Crippen molar-refractivity contribution in [2.75, 3.05) is 20.0 Å². The van der Waals surface area contributed by atoms with Crippen LogP contribution in [0.4, 0.5) is 0 Å². The summed E-state index contributed by atoms with van der Waals surface area (Å²) in [6, 6.07) is 0. The van der Waals surface area contributed by atoms with E-state index >= 15 is 0 Å². The van der Waals surface area contributed by atoms with Gasteiger partial charge in [-0.25, -0.2) is 0 Å². The Morgan fingerprint density at radius 3 is 2.45 bits per heavy atom. The standard InChI is InChI=1S/C7H12N2O2/c10-6-9(7-11)8-4-2-1-3-5-8/h1-4,10-11H,5-7H2. The molecule has 0 unspecified atom stereocenters. The molecule has 62 valence electrons. The summed E-state index contributed by atoms with van der Waals surface area (Å²) < 4.78 is 0. The van der Waals surface area contributed by atoms with Crippen molar-refractivity contribution in [1.82, 2.24) is 10.0 Å². The minimum Gasteiger partial charge on any atom is -0.379 e. The van der Waals surface area contributed by atoms with Crippen LogP contribution in [0.5, 0.6) is 0 Å². The fourth-order valence-corrected chi connectivity index (χ4v) is 0.874. The average Bonchev–Trinajstić information content (AvgIpc) is 2.09. The van der Waals surface area contributed by atoms with Crippen molar-refractivity contribution < 1.29 is 10.2 Å². The molecule has 0 bridgehead atoms. The third-order valence-electron chi connectivity index (χ3n) is 1.49. The van der Waals surface area contributed by atoms with Crippen LogP contribution in [0.3, 0.4) is 0 Å². The molecule has 1 rings (SSSR count). The van der Waals surface area contributed by atoms with Gasteiger partial charge in [0, 0.05) is 6.20 Å². The molecule has 1 aliphatic heterocycles. The molecule has 2 N–H and O–H groups in total. The lowest BCUT2D eigenvalue weighted by molar-refractivity contribution is -0.0945. The van der Waals surface area contributed by atoms with Crippen LogP contribution in [0.2, 0.25) is 0 Å². The Morgan fingerprint density at radius 2 is 2.00 bits per heavy atom. The van der Waals surface area contributed by atoms with Gasteiger partial charge in [0.1, 0.15) is 13.5 Å². The molecule has 0 atom stereocenters. The number of aliphatic hydroxyl groups is 2. The quantitative estimate of drug-likeness (QED) is 0.540. The van der Waals surface area contributed by atoms with Crippen LogP contribution in [0.15, 0.2) is 24.4 Å². The number of hydrazine groups is 1. The molecule has 0 fully saturated rings. The van der Waals surface area contributed by atoms with Gasteiger partial charge in [0.2, 0.25) is 0 Å². The second-order valence-corrected chi connectivity index (χ2v) is 2.18. The van der Waals surface area contributed by atoms with Crippen molar-refractivity contribution in [3.05, 3.63) is 24.4 Å². The molecule has 4 heteroatoms. The highest BCUT2D eigenvalue weighted by molar-refractivity contribution is 5.07. The second kappa shape index (κ2) is 4.12. The Bertz CT molecular complexity index is 164. The Labute approximate surface area is 65.6 Å². The van der Waals surface area contributed by atoms with Crippen molar-refractivity contribution in [2.45, 2.75) is 0 Å². The van der Waals surface area contributed by atoms with Gasteiger partial charge >= 0.3 is 0 Å². The van der Waals surface area contributed by atoms with Gasteiger partial charge in [0.05, 0.1) is 6.54 Å². The van der Waals surface area contributed by atoms with E-state index in [1.165, 1.54) is 5.01 Å². The zero-order chi connectivity index (χ0) is 8.10. The maximum absolute atomic E-state index is 8.74. The first-order chi connectivity index (χ1) is 5.38. The molecule has 0 saturated heterocycles. The van der Waals surface area contributed by atoms with Crippen molar-refractivity contribution in [1.29, 1.82) is 0 Å². The molecular formula is C7H12N2O2. The maximum Gasteiger partial charge on any atom is 0.115 e. The number of rotatable bonds is 3. The van der Waals surface area contributed by atoms with E-state index < -0.39 is 0 Å². The fourth-order valence-electron chi connectivity index (χ4n) is 0.874. The van der Waals surface area contributed by atoms with E-state index in [0.717, 1.165) is 0 Å². The summed E-state index contributed by atoms with van der Waals surface area (Å²) >= 11 is 0. The van der Waals surface area contributed by atoms with Gasteiger partial charge in [-0.3, -0.25) is 0 Å². The monoisotopic (exact) mass is 156 g/mol. The van der Waals surface area contributed by atoms with Gasteiger partial charge in [-0.1, -0.05) is 12.2 Å². The van der Waals surface area contributed by atoms with Crippen LogP contribution < -0.4 is 0 Å². The summed E-state index contributed by atoms with van der Waals surface area (Å²) in [6.07, 6.45) is 7.51. The number of allylic oxidation sites excluding steroid dienone is 2. The van der Waals surface area contributed by atoms with Crippen LogP contribution in [-0.4, -0.2) is 40.2 Å². The molecule has 1 heterocycles. The molecule has 0 aromatic carbocycles. The van der Waals surface area contributed by atoms with Crippen molar-refractivity contribution in [2.24, 2.45) is 0 Å². The molecule has 4 nitrogen and oxygen atoms in total. The number of aliphatic hydroxyl groups excluding tert-OH is 2. The van der Waals surface area contributed by atoms with Gasteiger partial charge in [0.15, 0.2) is 0 Å². The lowest BCUT2D eigenvalue weighted by Gasteiger charge is -2.30. The minimum atomic E-state index is -0.172. The Balaban J connectivity index is 2.45. The first-order valence-electron chi connectivity index (χ1n) is 3.45. The number of hydrogen-bond acceptors (Lipinski definition) is 4. The van der Waals surface area contributed by atoms with Crippen molar-refractivity contribution in [3.63, 3.8) is 0 Å². The van der Waals surface area contributed by atoms with Crippen molar-refractivity contribution in [3.8, 4) is 0 Å². The minimum absolute atomic E-state index is 0.172. The fraction of sp³-hybridized carbons (Fsp3) is 0.429. The second-order valence-electron chi connectivity index (χ2n) is 2.18. The van der Waals surface area contributed by atoms with Gasteiger partial charge in [-0.05, 0) is 6.08 Å². The molecule has 0 aliphatic carbocycles. The molecule has 0 amide bonds. The predicted molar refractivity (Wildman–Crippen MR) is 41.0 cm³/mol. The van der Waals surface area contributed by atoms with Gasteiger partial charge in [-0.2, -0.15) is 5.01 Å². The van der Waals surface area contributed by atoms with Crippen molar-refractivity contribution >= 4 is 0 Å². The van der Waals surface area contributed by atoms with Crippen LogP contribution in [0.25, 0.3) is 0 Å². The third kappa shape index (κ3) is 2.04. The highest BCUT2D eigenvalue weighted by Gasteiger charge is 2.08. The van der Waals surface area contributed by atoms with Crippen LogP contribution in [0.1, 0.15) is 0 Å². The largest absolute Gasteiger partial charge is 0.379 e. The van der Waals surface area contributed by atoms with Gasteiger partial charge in [-0.15, -0.1) is 0 Å². The summed E-state index contributed by atoms with van der Waals surface area (Å²) in [6.45, 7) is 0.348. The Kier molecular flexibility index (Phi) is 3.10. The van der Waals surface area contributed by atoms with E-state index in [4.69, 9.17) is 10.2 Å². The molecule has 1 aliphatic rings. The van der Waals surface area contributed by atoms with E-state index in [0.29, 0.717) is 6.54 Å². The molecule has 0 saturated carbocycles. The third-order valence-corrected chi connectivity index (χ3v) is 1.49. The first kappa shape index (κ1) is 8.26. The molecule has 0 radical (unpaired) electrons. The predicted octanol–water partition coefficient (Wildman–Crippen LogP) is -0.512. The summed E-state index contributed by atoms with van der Waals surface area (Å²) in [7, 11) is 0. The zero-order valence-electron chi connectivity index (χ0n) is 6.22. The molecule has 11 heavy (non-hydrogen) atoms. The summed E-state index contributed by atoms with van der Waals surface area (Å²) in [5, 5.41) is 20.6. The number of hydrogen-bond donors (Lipinski definition) is 2. The highest BCUT2D eigenvalue weighted by atomic mass is 16.3. The zero-order valence-corrected chi connectivity index (χ0v) is 6.22. The van der Waals surface area contributed by atoms with Crippen LogP contribution in [-0.2, 0) is 0 Å². The van der Waals surface area contributed by atoms with Gasteiger partial charge < -0.3 is 15.2 Å². The summed E-state index contributed by atoms with van der Waals surface area (Å²) in [4.78, 5) is 0. The molecule has 0 aromatic heterocycles. The SMILES string of the molecule is OCN(CO)N1C=CC=CC1. The Hall–Kier alpha value is -0.840. The maximum atomic E-state index is 8.74. The highest BCUT2D eigenvalue weighted by Crippen LogP contribution is 2.01. The van der Waals surface area contributed by atoms with E-state index in [1.807, 2.05) is 18.2 Å². The van der Waals surface area contributed by atoms with E-state index in [-0.39, 0.29) is 13.5 Å². The van der Waals surface area contributed by atoms with E-state index in [9.17, 15) is 0 Å². The molecule has 0 spiro atoms. The van der Waals surface area contributed by atoms with E-state index in [2.05, 4.69) is 0 Å². The lowest BCUT2D eigenvalue weighted by atomic mass is 10.4. The molecule has 0 aromatic rings. The lowest BCUT2D eigenvalue weighted by Crippen LogP contribution is -2.40. The molecular weight excluding hydrogens is 144 g/mol. The first-order valence-corrected chi connectivity index (χ1v) is 3.45. The Morgan fingerprint density at radius 1 is 1.27 bits per heavy atom. The summed E-state index contributed by atoms with van der Waals surface area (Å²) in [5.74, 6) is 0.